The van der Waals surface area contributed by atoms with E-state index in [0.717, 1.165) is 12.6 Å². The van der Waals surface area contributed by atoms with Crippen molar-refractivity contribution in [3.63, 3.8) is 0 Å². The van der Waals surface area contributed by atoms with Crippen molar-refractivity contribution in [1.29, 1.82) is 0 Å². The van der Waals surface area contributed by atoms with E-state index in [1.807, 2.05) is 29.5 Å². The van der Waals surface area contributed by atoms with Crippen LogP contribution in [-0.4, -0.2) is 23.0 Å². The number of carbonyl (C=O) groups is 1. The molecule has 1 rings (SSSR count). The Morgan fingerprint density at radius 1 is 1.77 bits per heavy atom. The van der Waals surface area contributed by atoms with Gasteiger partial charge in [-0.15, -0.1) is 11.3 Å². The summed E-state index contributed by atoms with van der Waals surface area (Å²) in [7, 11) is 1.85. The highest BCUT2D eigenvalue weighted by molar-refractivity contribution is 7.09. The number of hydrogen-bond acceptors (Lipinski definition) is 3. The molecule has 3 nitrogen and oxygen atoms in total. The fourth-order valence-electron chi connectivity index (χ4n) is 0.892. The summed E-state index contributed by atoms with van der Waals surface area (Å²) >= 11 is 1.66. The topological polar surface area (TPSA) is 40.5 Å². The second kappa shape index (κ2) is 4.67. The van der Waals surface area contributed by atoms with E-state index in [1.165, 1.54) is 4.88 Å². The minimum atomic E-state index is -0.918. The minimum absolute atomic E-state index is 0.751. The lowest BCUT2D eigenvalue weighted by atomic mass is 10.4. The third-order valence-corrected chi connectivity index (χ3v) is 2.32. The van der Waals surface area contributed by atoms with Crippen LogP contribution in [0.4, 0.5) is 0 Å². The van der Waals surface area contributed by atoms with E-state index >= 15 is 0 Å². The van der Waals surface area contributed by atoms with Gasteiger partial charge in [0.2, 0.25) is 0 Å². The van der Waals surface area contributed by atoms with Crippen LogP contribution in [0.5, 0.6) is 0 Å². The van der Waals surface area contributed by atoms with Crippen LogP contribution >= 0.6 is 11.3 Å². The van der Waals surface area contributed by atoms with Gasteiger partial charge in [0.15, 0.2) is 0 Å². The predicted octanol–water partition coefficient (Wildman–Crippen LogP) is 1.78. The van der Waals surface area contributed by atoms with E-state index in [9.17, 15) is 4.79 Å². The number of aliphatic carboxylic acids is 1. The molecule has 0 aliphatic heterocycles. The van der Waals surface area contributed by atoms with Gasteiger partial charge in [0, 0.05) is 24.2 Å². The fourth-order valence-corrected chi connectivity index (χ4v) is 1.66. The largest absolute Gasteiger partial charge is 0.478 e. The fraction of sp³-hybridized carbons (Fsp3) is 0.222. The van der Waals surface area contributed by atoms with Crippen LogP contribution < -0.4 is 0 Å². The van der Waals surface area contributed by atoms with Crippen molar-refractivity contribution in [2.24, 2.45) is 0 Å². The van der Waals surface area contributed by atoms with Crippen LogP contribution in [-0.2, 0) is 11.3 Å². The van der Waals surface area contributed by atoms with Gasteiger partial charge >= 0.3 is 5.97 Å². The Morgan fingerprint density at radius 3 is 3.08 bits per heavy atom. The lowest BCUT2D eigenvalue weighted by Gasteiger charge is -2.11. The quantitative estimate of drug-likeness (QED) is 0.748. The summed E-state index contributed by atoms with van der Waals surface area (Å²) in [5, 5.41) is 10.4. The van der Waals surface area contributed by atoms with Crippen molar-refractivity contribution in [3.8, 4) is 0 Å². The Balaban J connectivity index is 2.42. The molecule has 1 aromatic heterocycles. The first kappa shape index (κ1) is 9.80. The van der Waals surface area contributed by atoms with E-state index < -0.39 is 5.97 Å². The molecule has 0 amide bonds. The lowest BCUT2D eigenvalue weighted by molar-refractivity contribution is -0.131. The van der Waals surface area contributed by atoms with Gasteiger partial charge in [0.05, 0.1) is 6.54 Å². The molecule has 0 fully saturated rings. The first-order valence-electron chi connectivity index (χ1n) is 3.82. The molecule has 0 atom stereocenters. The predicted molar refractivity (Wildman–Crippen MR) is 52.6 cm³/mol. The number of hydrogen-bond donors (Lipinski definition) is 1. The number of rotatable bonds is 4. The Bertz CT molecular complexity index is 293. The first-order chi connectivity index (χ1) is 6.18. The normalized spacial score (nSPS) is 10.5. The van der Waals surface area contributed by atoms with Gasteiger partial charge in [-0.3, -0.25) is 0 Å². The highest BCUT2D eigenvalue weighted by Gasteiger charge is 1.96. The van der Waals surface area contributed by atoms with Gasteiger partial charge in [0.25, 0.3) is 0 Å². The van der Waals surface area contributed by atoms with Crippen LogP contribution in [0.3, 0.4) is 0 Å². The molecular formula is C9H11NO2S. The molecule has 0 radical (unpaired) electrons. The first-order valence-corrected chi connectivity index (χ1v) is 4.70. The molecule has 0 aliphatic rings. The van der Waals surface area contributed by atoms with Crippen LogP contribution in [0.2, 0.25) is 0 Å². The molecule has 1 aromatic rings. The molecule has 0 aromatic carbocycles. The Hall–Kier alpha value is -1.29. The van der Waals surface area contributed by atoms with Gasteiger partial charge in [-0.05, 0) is 11.4 Å². The Morgan fingerprint density at radius 2 is 2.54 bits per heavy atom. The van der Waals surface area contributed by atoms with Crippen molar-refractivity contribution in [1.82, 2.24) is 4.90 Å². The van der Waals surface area contributed by atoms with Crippen molar-refractivity contribution in [2.45, 2.75) is 6.54 Å². The standard InChI is InChI=1S/C9H11NO2S/c1-10(5-4-9(11)12)7-8-3-2-6-13-8/h2-6H,7H2,1H3,(H,11,12). The maximum atomic E-state index is 10.2. The second-order valence-corrected chi connectivity index (χ2v) is 3.68. The molecule has 1 N–H and O–H groups in total. The van der Waals surface area contributed by atoms with Crippen molar-refractivity contribution in [2.75, 3.05) is 7.05 Å². The number of thiophene rings is 1. The van der Waals surface area contributed by atoms with Crippen LogP contribution in [0.25, 0.3) is 0 Å². The smallest absolute Gasteiger partial charge is 0.329 e. The maximum Gasteiger partial charge on any atom is 0.329 e. The zero-order valence-corrected chi connectivity index (χ0v) is 8.12. The molecule has 0 aliphatic carbocycles. The summed E-state index contributed by atoms with van der Waals surface area (Å²) < 4.78 is 0. The van der Waals surface area contributed by atoms with Gasteiger partial charge in [0.1, 0.15) is 0 Å². The SMILES string of the molecule is CN(C=CC(=O)O)Cc1cccs1. The molecular weight excluding hydrogens is 186 g/mol. The number of carboxylic acids is 1. The molecule has 0 spiro atoms. The Kier molecular flexibility index (Phi) is 3.52. The van der Waals surface area contributed by atoms with Crippen LogP contribution in [0.15, 0.2) is 29.8 Å². The molecule has 0 bridgehead atoms. The van der Waals surface area contributed by atoms with Gasteiger partial charge in [-0.2, -0.15) is 0 Å². The van der Waals surface area contributed by atoms with E-state index in [1.54, 1.807) is 17.5 Å². The number of carboxylic acid groups (broad SMARTS) is 1. The van der Waals surface area contributed by atoms with Crippen molar-refractivity contribution < 1.29 is 9.90 Å². The summed E-state index contributed by atoms with van der Waals surface area (Å²) in [6.45, 7) is 0.751. The average molecular weight is 197 g/mol. The van der Waals surface area contributed by atoms with Gasteiger partial charge in [-0.1, -0.05) is 6.07 Å². The van der Waals surface area contributed by atoms with Crippen molar-refractivity contribution in [3.05, 3.63) is 34.7 Å². The van der Waals surface area contributed by atoms with E-state index in [4.69, 9.17) is 5.11 Å². The molecule has 0 saturated carbocycles. The lowest BCUT2D eigenvalue weighted by Crippen LogP contribution is -2.09. The zero-order valence-electron chi connectivity index (χ0n) is 7.30. The van der Waals surface area contributed by atoms with Crippen molar-refractivity contribution >= 4 is 17.3 Å². The van der Waals surface area contributed by atoms with Crippen LogP contribution in [0.1, 0.15) is 4.88 Å². The zero-order chi connectivity index (χ0) is 9.68. The van der Waals surface area contributed by atoms with Crippen LogP contribution in [0, 0.1) is 0 Å². The Labute approximate surface area is 80.9 Å². The summed E-state index contributed by atoms with van der Waals surface area (Å²) in [4.78, 5) is 13.2. The third-order valence-electron chi connectivity index (χ3n) is 1.46. The minimum Gasteiger partial charge on any atom is -0.478 e. The second-order valence-electron chi connectivity index (χ2n) is 2.65. The highest BCUT2D eigenvalue weighted by atomic mass is 32.1. The average Bonchev–Trinajstić information content (AvgIpc) is 2.53. The third kappa shape index (κ3) is 3.75. The molecule has 0 unspecified atom stereocenters. The summed E-state index contributed by atoms with van der Waals surface area (Å²) in [6.07, 6.45) is 2.69. The summed E-state index contributed by atoms with van der Waals surface area (Å²) in [5.41, 5.74) is 0. The summed E-state index contributed by atoms with van der Waals surface area (Å²) in [6, 6.07) is 4.00. The van der Waals surface area contributed by atoms with E-state index in [-0.39, 0.29) is 0 Å². The molecule has 1 heterocycles. The highest BCUT2D eigenvalue weighted by Crippen LogP contribution is 2.10. The van der Waals surface area contributed by atoms with E-state index in [0.29, 0.717) is 0 Å². The van der Waals surface area contributed by atoms with Gasteiger partial charge < -0.3 is 10.0 Å². The monoisotopic (exact) mass is 197 g/mol. The molecule has 0 saturated heterocycles. The number of nitrogens with zero attached hydrogens (tertiary/aromatic N) is 1. The molecule has 4 heteroatoms. The molecule has 70 valence electrons. The summed E-state index contributed by atoms with van der Waals surface area (Å²) in [5.74, 6) is -0.918. The molecule has 13 heavy (non-hydrogen) atoms. The maximum absolute atomic E-state index is 10.2. The van der Waals surface area contributed by atoms with E-state index in [2.05, 4.69) is 0 Å². The van der Waals surface area contributed by atoms with Gasteiger partial charge in [-0.25, -0.2) is 4.79 Å².